The van der Waals surface area contributed by atoms with Crippen LogP contribution in [0.3, 0.4) is 0 Å². The maximum Gasteiger partial charge on any atom is 0.491 e. The lowest BCUT2D eigenvalue weighted by Crippen LogP contribution is -2.41. The van der Waals surface area contributed by atoms with Crippen LogP contribution in [0, 0.1) is 11.6 Å². The monoisotopic (exact) mass is 327 g/mol. The SMILES string of the molecule is CC1(C)OB(C(=Cc2cc(F)c(F)cc2N)CS)OC1(C)C. The quantitative estimate of drug-likeness (QED) is 0.507. The lowest BCUT2D eigenvalue weighted by atomic mass is 9.78. The zero-order valence-corrected chi connectivity index (χ0v) is 14.0. The average Bonchev–Trinajstić information content (AvgIpc) is 2.61. The van der Waals surface area contributed by atoms with Gasteiger partial charge in [-0.3, -0.25) is 0 Å². The molecule has 1 heterocycles. The van der Waals surface area contributed by atoms with Crippen LogP contribution in [-0.4, -0.2) is 24.1 Å². The van der Waals surface area contributed by atoms with E-state index in [2.05, 4.69) is 12.6 Å². The molecule has 1 saturated heterocycles. The summed E-state index contributed by atoms with van der Waals surface area (Å²) in [5.74, 6) is -1.58. The zero-order chi connectivity index (χ0) is 16.7. The minimum atomic E-state index is -0.974. The van der Waals surface area contributed by atoms with Crippen LogP contribution in [0.1, 0.15) is 33.3 Å². The van der Waals surface area contributed by atoms with Gasteiger partial charge in [-0.05, 0) is 44.8 Å². The van der Waals surface area contributed by atoms with Crippen LogP contribution in [0.5, 0.6) is 0 Å². The van der Waals surface area contributed by atoms with Gasteiger partial charge in [0.2, 0.25) is 0 Å². The third-order valence-corrected chi connectivity index (χ3v) is 4.57. The Kier molecular flexibility index (Phi) is 4.62. The predicted molar refractivity (Wildman–Crippen MR) is 88.7 cm³/mol. The van der Waals surface area contributed by atoms with Crippen LogP contribution in [0.2, 0.25) is 0 Å². The average molecular weight is 327 g/mol. The Hall–Kier alpha value is -1.05. The van der Waals surface area contributed by atoms with E-state index in [0.29, 0.717) is 16.8 Å². The predicted octanol–water partition coefficient (Wildman–Crippen LogP) is 3.49. The maximum atomic E-state index is 13.4. The van der Waals surface area contributed by atoms with E-state index in [0.717, 1.165) is 12.1 Å². The molecule has 1 aromatic carbocycles. The normalized spacial score (nSPS) is 20.5. The Morgan fingerprint density at radius 3 is 2.18 bits per heavy atom. The van der Waals surface area contributed by atoms with E-state index in [1.165, 1.54) is 0 Å². The molecule has 1 aromatic rings. The lowest BCUT2D eigenvalue weighted by Gasteiger charge is -2.32. The van der Waals surface area contributed by atoms with Gasteiger partial charge >= 0.3 is 7.12 Å². The molecule has 0 radical (unpaired) electrons. The van der Waals surface area contributed by atoms with Crippen molar-refractivity contribution in [1.82, 2.24) is 0 Å². The highest BCUT2D eigenvalue weighted by molar-refractivity contribution is 7.80. The lowest BCUT2D eigenvalue weighted by molar-refractivity contribution is 0.00578. The summed E-state index contributed by atoms with van der Waals surface area (Å²) in [6.45, 7) is 7.76. The highest BCUT2D eigenvalue weighted by atomic mass is 32.1. The zero-order valence-electron chi connectivity index (χ0n) is 13.1. The fourth-order valence-electron chi connectivity index (χ4n) is 2.08. The molecule has 2 N–H and O–H groups in total. The van der Waals surface area contributed by atoms with Gasteiger partial charge in [-0.25, -0.2) is 8.78 Å². The van der Waals surface area contributed by atoms with Crippen molar-refractivity contribution in [3.63, 3.8) is 0 Å². The van der Waals surface area contributed by atoms with Crippen molar-refractivity contribution in [3.05, 3.63) is 34.8 Å². The highest BCUT2D eigenvalue weighted by Gasteiger charge is 2.52. The van der Waals surface area contributed by atoms with Crippen molar-refractivity contribution < 1.29 is 18.1 Å². The summed E-state index contributed by atoms with van der Waals surface area (Å²) in [5.41, 5.74) is 5.98. The number of hydrogen-bond acceptors (Lipinski definition) is 4. The smallest absolute Gasteiger partial charge is 0.400 e. The molecule has 0 amide bonds. The van der Waals surface area contributed by atoms with Crippen molar-refractivity contribution >= 4 is 31.5 Å². The molecule has 0 unspecified atom stereocenters. The van der Waals surface area contributed by atoms with Crippen LogP contribution in [0.15, 0.2) is 17.6 Å². The summed E-state index contributed by atoms with van der Waals surface area (Å²) in [5, 5.41) is 0. The van der Waals surface area contributed by atoms with E-state index in [4.69, 9.17) is 15.0 Å². The van der Waals surface area contributed by atoms with E-state index in [-0.39, 0.29) is 5.69 Å². The molecule has 0 atom stereocenters. The molecule has 120 valence electrons. The van der Waals surface area contributed by atoms with Gasteiger partial charge in [0, 0.05) is 17.5 Å². The summed E-state index contributed by atoms with van der Waals surface area (Å²) < 4.78 is 38.4. The van der Waals surface area contributed by atoms with Gasteiger partial charge in [-0.2, -0.15) is 12.6 Å². The van der Waals surface area contributed by atoms with Crippen LogP contribution < -0.4 is 5.73 Å². The molecular weight excluding hydrogens is 307 g/mol. The highest BCUT2D eigenvalue weighted by Crippen LogP contribution is 2.39. The van der Waals surface area contributed by atoms with Crippen molar-refractivity contribution in [3.8, 4) is 0 Å². The van der Waals surface area contributed by atoms with E-state index in [1.54, 1.807) is 6.08 Å². The Morgan fingerprint density at radius 1 is 1.18 bits per heavy atom. The largest absolute Gasteiger partial charge is 0.491 e. The number of benzene rings is 1. The van der Waals surface area contributed by atoms with Crippen LogP contribution in [0.25, 0.3) is 6.08 Å². The van der Waals surface area contributed by atoms with Gasteiger partial charge in [0.1, 0.15) is 0 Å². The summed E-state index contributed by atoms with van der Waals surface area (Å²) >= 11 is 4.28. The first-order valence-corrected chi connectivity index (χ1v) is 7.62. The molecule has 1 aliphatic rings. The number of rotatable bonds is 3. The summed E-state index contributed by atoms with van der Waals surface area (Å²) in [6, 6.07) is 2.01. The minimum Gasteiger partial charge on any atom is -0.400 e. The van der Waals surface area contributed by atoms with Gasteiger partial charge in [0.05, 0.1) is 11.2 Å². The van der Waals surface area contributed by atoms with E-state index in [9.17, 15) is 8.78 Å². The van der Waals surface area contributed by atoms with Gasteiger partial charge < -0.3 is 15.0 Å². The van der Waals surface area contributed by atoms with Crippen LogP contribution in [-0.2, 0) is 9.31 Å². The molecule has 1 fully saturated rings. The van der Waals surface area contributed by atoms with E-state index < -0.39 is 30.0 Å². The second kappa shape index (κ2) is 5.87. The van der Waals surface area contributed by atoms with Crippen LogP contribution >= 0.6 is 12.6 Å². The molecule has 0 aliphatic carbocycles. The van der Waals surface area contributed by atoms with Crippen molar-refractivity contribution in [2.45, 2.75) is 38.9 Å². The topological polar surface area (TPSA) is 44.5 Å². The molecule has 7 heteroatoms. The maximum absolute atomic E-state index is 13.4. The summed E-state index contributed by atoms with van der Waals surface area (Å²) in [4.78, 5) is 0. The van der Waals surface area contributed by atoms with Gasteiger partial charge in [0.15, 0.2) is 11.6 Å². The molecule has 1 aliphatic heterocycles. The Balaban J connectivity index is 2.36. The molecule has 0 aromatic heterocycles. The molecular formula is C15H20BF2NO2S. The standard InChI is InChI=1S/C15H20BF2NO2S/c1-14(2)15(3,4)21-16(20-14)10(8-22)5-9-6-11(17)12(18)7-13(9)19/h5-7,22H,8,19H2,1-4H3. The molecule has 2 rings (SSSR count). The Bertz CT molecular complexity index is 604. The Labute approximate surface area is 135 Å². The second-order valence-corrected chi connectivity index (χ2v) is 6.68. The fourth-order valence-corrected chi connectivity index (χ4v) is 2.33. The first-order chi connectivity index (χ1) is 10.1. The minimum absolute atomic E-state index is 0.148. The number of thiol groups is 1. The van der Waals surface area contributed by atoms with Gasteiger partial charge in [-0.15, -0.1) is 0 Å². The molecule has 0 saturated carbocycles. The van der Waals surface area contributed by atoms with Gasteiger partial charge in [-0.1, -0.05) is 6.08 Å². The van der Waals surface area contributed by atoms with Crippen LogP contribution in [0.4, 0.5) is 14.5 Å². The molecule has 0 bridgehead atoms. The first-order valence-electron chi connectivity index (χ1n) is 6.99. The Morgan fingerprint density at radius 2 is 1.68 bits per heavy atom. The van der Waals surface area contributed by atoms with E-state index in [1.807, 2.05) is 27.7 Å². The molecule has 22 heavy (non-hydrogen) atoms. The summed E-state index contributed by atoms with van der Waals surface area (Å²) in [6.07, 6.45) is 1.63. The number of anilines is 1. The first kappa shape index (κ1) is 17.3. The fraction of sp³-hybridized carbons (Fsp3) is 0.467. The van der Waals surface area contributed by atoms with Crippen molar-refractivity contribution in [2.24, 2.45) is 0 Å². The van der Waals surface area contributed by atoms with Gasteiger partial charge in [0.25, 0.3) is 0 Å². The third kappa shape index (κ3) is 3.16. The molecule has 3 nitrogen and oxygen atoms in total. The number of hydrogen-bond donors (Lipinski definition) is 2. The third-order valence-electron chi connectivity index (χ3n) is 4.21. The second-order valence-electron chi connectivity index (χ2n) is 6.36. The number of nitrogen functional groups attached to an aromatic ring is 1. The van der Waals surface area contributed by atoms with Crippen molar-refractivity contribution in [1.29, 1.82) is 0 Å². The number of halogens is 2. The number of nitrogens with two attached hydrogens (primary N) is 1. The van der Waals surface area contributed by atoms with E-state index >= 15 is 0 Å². The molecule has 0 spiro atoms. The van der Waals surface area contributed by atoms with Crippen molar-refractivity contribution in [2.75, 3.05) is 11.5 Å². The summed E-state index contributed by atoms with van der Waals surface area (Å²) in [7, 11) is -0.602.